The quantitative estimate of drug-likeness (QED) is 0.483. The van der Waals surface area contributed by atoms with Gasteiger partial charge in [-0.1, -0.05) is 55.0 Å². The molecule has 0 bridgehead atoms. The first kappa shape index (κ1) is 19.6. The molecule has 0 unspecified atom stereocenters. The van der Waals surface area contributed by atoms with Crippen molar-refractivity contribution < 1.29 is 0 Å². The molecule has 0 saturated carbocycles. The summed E-state index contributed by atoms with van der Waals surface area (Å²) in [6.07, 6.45) is 1.01. The zero-order chi connectivity index (χ0) is 20.9. The summed E-state index contributed by atoms with van der Waals surface area (Å²) in [6, 6.07) is 20.4. The first-order valence-corrected chi connectivity index (χ1v) is 10.1. The van der Waals surface area contributed by atoms with Gasteiger partial charge in [-0.25, -0.2) is 10.1 Å². The van der Waals surface area contributed by atoms with E-state index in [0.717, 1.165) is 47.7 Å². The van der Waals surface area contributed by atoms with Crippen LogP contribution in [0.2, 0.25) is 0 Å². The lowest BCUT2D eigenvalue weighted by atomic mass is 10.0. The third kappa shape index (κ3) is 4.30. The molecule has 152 valence electrons. The van der Waals surface area contributed by atoms with Gasteiger partial charge in [-0.05, 0) is 41.5 Å². The number of pyridine rings is 1. The van der Waals surface area contributed by atoms with Crippen LogP contribution in [0.3, 0.4) is 0 Å². The summed E-state index contributed by atoms with van der Waals surface area (Å²) in [5.74, 6) is 1.46. The van der Waals surface area contributed by atoms with Crippen molar-refractivity contribution in [3.63, 3.8) is 0 Å². The van der Waals surface area contributed by atoms with Crippen LogP contribution in [0.15, 0.2) is 60.7 Å². The Morgan fingerprint density at radius 2 is 1.83 bits per heavy atom. The molecule has 2 aromatic carbocycles. The van der Waals surface area contributed by atoms with Crippen molar-refractivity contribution in [2.75, 3.05) is 17.2 Å². The van der Waals surface area contributed by atoms with E-state index >= 15 is 0 Å². The van der Waals surface area contributed by atoms with E-state index in [-0.39, 0.29) is 0 Å². The highest BCUT2D eigenvalue weighted by Gasteiger charge is 2.16. The fourth-order valence-corrected chi connectivity index (χ4v) is 3.53. The van der Waals surface area contributed by atoms with Crippen LogP contribution in [0.5, 0.6) is 0 Å². The fraction of sp³-hybridized carbons (Fsp3) is 0.217. The summed E-state index contributed by atoms with van der Waals surface area (Å²) < 4.78 is 0. The van der Waals surface area contributed by atoms with E-state index in [1.165, 1.54) is 5.56 Å². The van der Waals surface area contributed by atoms with Crippen molar-refractivity contribution in [2.24, 2.45) is 0 Å². The zero-order valence-electron chi connectivity index (χ0n) is 17.2. The summed E-state index contributed by atoms with van der Waals surface area (Å²) in [5, 5.41) is 14.4. The first-order chi connectivity index (χ1) is 14.6. The number of anilines is 2. The van der Waals surface area contributed by atoms with E-state index in [0.29, 0.717) is 11.5 Å². The molecule has 30 heavy (non-hydrogen) atoms. The van der Waals surface area contributed by atoms with Crippen LogP contribution in [0.4, 0.5) is 11.5 Å². The van der Waals surface area contributed by atoms with Crippen LogP contribution in [0, 0.1) is 6.92 Å². The maximum atomic E-state index is 6.32. The average Bonchev–Trinajstić information content (AvgIpc) is 3.28. The molecule has 3 N–H and O–H groups in total. The summed E-state index contributed by atoms with van der Waals surface area (Å²) in [5.41, 5.74) is 12.0. The van der Waals surface area contributed by atoms with Crippen LogP contribution >= 0.6 is 0 Å². The number of nitrogens with zero attached hydrogens (tertiary/aromatic N) is 5. The molecule has 0 aliphatic rings. The molecule has 0 aliphatic carbocycles. The normalized spacial score (nSPS) is 10.9. The average molecular weight is 400 g/mol. The Balaban J connectivity index is 1.77. The second-order valence-electron chi connectivity index (χ2n) is 7.35. The van der Waals surface area contributed by atoms with Crippen molar-refractivity contribution >= 4 is 11.5 Å². The van der Waals surface area contributed by atoms with Crippen LogP contribution in [0.25, 0.3) is 22.6 Å². The topological polar surface area (TPSA) is 96.6 Å². The van der Waals surface area contributed by atoms with Crippen molar-refractivity contribution in [1.82, 2.24) is 25.6 Å². The third-order valence-corrected chi connectivity index (χ3v) is 4.92. The van der Waals surface area contributed by atoms with Gasteiger partial charge in [0, 0.05) is 36.0 Å². The summed E-state index contributed by atoms with van der Waals surface area (Å²) in [6.45, 7) is 5.88. The van der Waals surface area contributed by atoms with Crippen LogP contribution < -0.4 is 10.6 Å². The van der Waals surface area contributed by atoms with E-state index in [1.807, 2.05) is 30.3 Å². The van der Waals surface area contributed by atoms with Gasteiger partial charge in [0.25, 0.3) is 0 Å². The van der Waals surface area contributed by atoms with Gasteiger partial charge in [0.1, 0.15) is 5.82 Å². The van der Waals surface area contributed by atoms with E-state index in [2.05, 4.69) is 69.7 Å². The van der Waals surface area contributed by atoms with E-state index < -0.39 is 0 Å². The van der Waals surface area contributed by atoms with E-state index in [1.54, 1.807) is 0 Å². The Bertz CT molecular complexity index is 1110. The number of hydrogen-bond donors (Lipinski definition) is 2. The zero-order valence-corrected chi connectivity index (χ0v) is 17.2. The molecule has 0 spiro atoms. The SMILES string of the molecule is CCCN(Cc1ccccc1)c1cc(N)cc(-c2cc(C)ccc2-c2nnn[nH]2)n1. The van der Waals surface area contributed by atoms with Crippen LogP contribution in [-0.4, -0.2) is 32.2 Å². The van der Waals surface area contributed by atoms with E-state index in [4.69, 9.17) is 10.7 Å². The summed E-state index contributed by atoms with van der Waals surface area (Å²) in [7, 11) is 0. The Morgan fingerprint density at radius 1 is 1.00 bits per heavy atom. The van der Waals surface area contributed by atoms with Gasteiger partial charge in [0.15, 0.2) is 5.82 Å². The highest BCUT2D eigenvalue weighted by atomic mass is 15.5. The molecule has 0 fully saturated rings. The van der Waals surface area contributed by atoms with Gasteiger partial charge in [-0.3, -0.25) is 0 Å². The fourth-order valence-electron chi connectivity index (χ4n) is 3.53. The highest BCUT2D eigenvalue weighted by Crippen LogP contribution is 2.32. The van der Waals surface area contributed by atoms with Crippen molar-refractivity contribution in [1.29, 1.82) is 0 Å². The molecule has 4 aromatic rings. The molecule has 0 aliphatic heterocycles. The summed E-state index contributed by atoms with van der Waals surface area (Å²) in [4.78, 5) is 7.26. The summed E-state index contributed by atoms with van der Waals surface area (Å²) >= 11 is 0. The third-order valence-electron chi connectivity index (χ3n) is 4.92. The maximum absolute atomic E-state index is 6.32. The lowest BCUT2D eigenvalue weighted by Gasteiger charge is -2.24. The predicted octanol–water partition coefficient (Wildman–Crippen LogP) is 4.24. The molecular weight excluding hydrogens is 374 g/mol. The molecule has 0 radical (unpaired) electrons. The molecule has 2 heterocycles. The minimum Gasteiger partial charge on any atom is -0.399 e. The minimum absolute atomic E-state index is 0.602. The second kappa shape index (κ2) is 8.73. The number of hydrogen-bond acceptors (Lipinski definition) is 6. The molecule has 4 rings (SSSR count). The largest absolute Gasteiger partial charge is 0.399 e. The maximum Gasteiger partial charge on any atom is 0.180 e. The Morgan fingerprint density at radius 3 is 2.57 bits per heavy atom. The van der Waals surface area contributed by atoms with Crippen molar-refractivity contribution in [2.45, 2.75) is 26.8 Å². The van der Waals surface area contributed by atoms with Crippen LogP contribution in [-0.2, 0) is 6.54 Å². The number of nitrogens with one attached hydrogen (secondary N) is 1. The monoisotopic (exact) mass is 399 g/mol. The number of aromatic nitrogens is 5. The van der Waals surface area contributed by atoms with Gasteiger partial charge >= 0.3 is 0 Å². The number of benzene rings is 2. The molecule has 0 atom stereocenters. The second-order valence-corrected chi connectivity index (χ2v) is 7.35. The van der Waals surface area contributed by atoms with Crippen LogP contribution in [0.1, 0.15) is 24.5 Å². The Hall–Kier alpha value is -3.74. The van der Waals surface area contributed by atoms with Crippen molar-refractivity contribution in [3.8, 4) is 22.6 Å². The Labute approximate surface area is 176 Å². The molecule has 0 saturated heterocycles. The lowest BCUT2D eigenvalue weighted by molar-refractivity contribution is 0.755. The number of nitrogens with two attached hydrogens (primary N) is 1. The smallest absolute Gasteiger partial charge is 0.180 e. The lowest BCUT2D eigenvalue weighted by Crippen LogP contribution is -2.24. The Kier molecular flexibility index (Phi) is 5.70. The first-order valence-electron chi connectivity index (χ1n) is 10.1. The van der Waals surface area contributed by atoms with Gasteiger partial charge in [-0.15, -0.1) is 5.10 Å². The highest BCUT2D eigenvalue weighted by molar-refractivity contribution is 5.81. The van der Waals surface area contributed by atoms with Gasteiger partial charge in [-0.2, -0.15) is 0 Å². The minimum atomic E-state index is 0.602. The van der Waals surface area contributed by atoms with E-state index in [9.17, 15) is 0 Å². The molecule has 0 amide bonds. The molecule has 7 heteroatoms. The number of tetrazole rings is 1. The van der Waals surface area contributed by atoms with Gasteiger partial charge in [0.2, 0.25) is 0 Å². The molecule has 7 nitrogen and oxygen atoms in total. The number of H-pyrrole nitrogens is 1. The number of aromatic amines is 1. The number of rotatable bonds is 7. The molecular formula is C23H25N7. The predicted molar refractivity (Wildman–Crippen MR) is 120 cm³/mol. The van der Waals surface area contributed by atoms with Crippen molar-refractivity contribution in [3.05, 3.63) is 71.8 Å². The van der Waals surface area contributed by atoms with Gasteiger partial charge in [0.05, 0.1) is 5.69 Å². The standard InChI is InChI=1S/C23H25N7/c1-3-11-30(15-17-7-5-4-6-8-17)22-14-18(24)13-21(25-22)20-12-16(2)9-10-19(20)23-26-28-29-27-23/h4-10,12-14H,3,11,15H2,1-2H3,(H2,24,25)(H,26,27,28,29). The van der Waals surface area contributed by atoms with Gasteiger partial charge < -0.3 is 10.6 Å². The number of nitrogen functional groups attached to an aromatic ring is 1. The molecule has 2 aromatic heterocycles. The number of aryl methyl sites for hydroxylation is 1.